The quantitative estimate of drug-likeness (QED) is 0.582. The normalized spacial score (nSPS) is 14.7. The van der Waals surface area contributed by atoms with Gasteiger partial charge in [0.2, 0.25) is 0 Å². The molecule has 0 amide bonds. The summed E-state index contributed by atoms with van der Waals surface area (Å²) in [5.41, 5.74) is 3.04. The number of hydrogen-bond donors (Lipinski definition) is 1. The first-order valence-corrected chi connectivity index (χ1v) is 8.65. The average Bonchev–Trinajstić information content (AvgIpc) is 2.50. The van der Waals surface area contributed by atoms with Crippen molar-refractivity contribution in [3.8, 4) is 0 Å². The van der Waals surface area contributed by atoms with Crippen LogP contribution in [0.15, 0.2) is 48.8 Å². The van der Waals surface area contributed by atoms with Gasteiger partial charge in [0.1, 0.15) is 0 Å². The van der Waals surface area contributed by atoms with Crippen LogP contribution in [0, 0.1) is 5.41 Å². The molecule has 0 bridgehead atoms. The van der Waals surface area contributed by atoms with Crippen LogP contribution in [0.4, 0.5) is 0 Å². The molecule has 0 aromatic carbocycles. The third-order valence-electron chi connectivity index (χ3n) is 4.80. The van der Waals surface area contributed by atoms with E-state index in [4.69, 9.17) is 0 Å². The third-order valence-corrected chi connectivity index (χ3v) is 4.80. The average molecular weight is 316 g/mol. The molecule has 0 aliphatic rings. The number of pyridine rings is 1. The van der Waals surface area contributed by atoms with E-state index >= 15 is 0 Å². The molecule has 1 heterocycles. The predicted octanol–water partition coefficient (Wildman–Crippen LogP) is 4.41. The Kier molecular flexibility index (Phi) is 6.76. The van der Waals surface area contributed by atoms with Crippen LogP contribution in [-0.2, 0) is 12.0 Å². The summed E-state index contributed by atoms with van der Waals surface area (Å²) in [4.78, 5) is 0. The number of hydrogen-bond acceptors (Lipinski definition) is 1. The molecule has 0 saturated carbocycles. The van der Waals surface area contributed by atoms with Crippen molar-refractivity contribution in [1.82, 2.24) is 5.32 Å². The van der Waals surface area contributed by atoms with Gasteiger partial charge in [-0.1, -0.05) is 60.3 Å². The van der Waals surface area contributed by atoms with Crippen molar-refractivity contribution in [1.29, 1.82) is 0 Å². The second-order valence-electron chi connectivity index (χ2n) is 7.99. The van der Waals surface area contributed by atoms with Crippen molar-refractivity contribution < 1.29 is 4.57 Å². The summed E-state index contributed by atoms with van der Waals surface area (Å²) in [5.74, 6) is 0. The second-order valence-corrected chi connectivity index (χ2v) is 7.99. The van der Waals surface area contributed by atoms with Gasteiger partial charge in [-0.25, -0.2) is 4.57 Å². The molecule has 1 aromatic heterocycles. The summed E-state index contributed by atoms with van der Waals surface area (Å²) >= 11 is 0. The fourth-order valence-electron chi connectivity index (χ4n) is 2.52. The van der Waals surface area contributed by atoms with Gasteiger partial charge in [-0.15, -0.1) is 0 Å². The monoisotopic (exact) mass is 315 g/mol. The molecule has 2 heteroatoms. The summed E-state index contributed by atoms with van der Waals surface area (Å²) < 4.78 is 2.24. The van der Waals surface area contributed by atoms with Gasteiger partial charge in [0.25, 0.3) is 0 Å². The van der Waals surface area contributed by atoms with Crippen LogP contribution in [0.2, 0.25) is 0 Å². The first-order valence-electron chi connectivity index (χ1n) is 8.65. The van der Waals surface area contributed by atoms with Crippen molar-refractivity contribution >= 4 is 0 Å². The van der Waals surface area contributed by atoms with Gasteiger partial charge in [-0.3, -0.25) is 0 Å². The van der Waals surface area contributed by atoms with Gasteiger partial charge in [0, 0.05) is 12.1 Å². The van der Waals surface area contributed by atoms with Gasteiger partial charge in [0.15, 0.2) is 18.9 Å². The topological polar surface area (TPSA) is 15.9 Å². The fraction of sp³-hybridized carbons (Fsp3) is 0.571. The zero-order valence-electron chi connectivity index (χ0n) is 16.1. The van der Waals surface area contributed by atoms with Crippen LogP contribution in [0.5, 0.6) is 0 Å². The van der Waals surface area contributed by atoms with Crippen LogP contribution < -0.4 is 9.88 Å². The Morgan fingerprint density at radius 3 is 2.17 bits per heavy atom. The van der Waals surface area contributed by atoms with Crippen molar-refractivity contribution in [2.75, 3.05) is 7.05 Å². The maximum Gasteiger partial charge on any atom is 0.169 e. The van der Waals surface area contributed by atoms with Crippen molar-refractivity contribution in [2.45, 2.75) is 66.0 Å². The molecular formula is C21H35N2+. The summed E-state index contributed by atoms with van der Waals surface area (Å²) in [7, 11) is 2.02. The Balaban J connectivity index is 2.94. The molecule has 2 nitrogen and oxygen atoms in total. The number of aromatic nitrogens is 1. The second kappa shape index (κ2) is 7.92. The van der Waals surface area contributed by atoms with E-state index in [0.717, 1.165) is 13.0 Å². The minimum absolute atomic E-state index is 0.164. The molecule has 128 valence electrons. The first kappa shape index (κ1) is 19.6. The number of nitrogens with zero attached hydrogens (tertiary/aromatic N) is 1. The van der Waals surface area contributed by atoms with E-state index in [-0.39, 0.29) is 10.8 Å². The highest BCUT2D eigenvalue weighted by molar-refractivity contribution is 5.25. The van der Waals surface area contributed by atoms with E-state index < -0.39 is 0 Å². The van der Waals surface area contributed by atoms with Gasteiger partial charge in [0.05, 0.1) is 6.04 Å². The Hall–Kier alpha value is -1.41. The minimum atomic E-state index is 0.164. The van der Waals surface area contributed by atoms with Crippen LogP contribution in [-0.4, -0.2) is 13.1 Å². The predicted molar refractivity (Wildman–Crippen MR) is 101 cm³/mol. The molecule has 1 rings (SSSR count). The Morgan fingerprint density at radius 2 is 1.78 bits per heavy atom. The van der Waals surface area contributed by atoms with Crippen molar-refractivity contribution in [3.63, 3.8) is 0 Å². The van der Waals surface area contributed by atoms with Crippen LogP contribution in [0.25, 0.3) is 0 Å². The molecule has 1 aromatic rings. The SMILES string of the molecule is C=C/C(=C\C(C[n+]1ccc(C(C)(C)C)cc1)NC)C(C)(C)CC. The Morgan fingerprint density at radius 1 is 1.22 bits per heavy atom. The summed E-state index contributed by atoms with van der Waals surface area (Å²) in [5, 5.41) is 3.41. The maximum atomic E-state index is 4.01. The minimum Gasteiger partial charge on any atom is -0.308 e. The number of likely N-dealkylation sites (N-methyl/N-ethyl adjacent to an activating group) is 1. The lowest BCUT2D eigenvalue weighted by molar-refractivity contribution is -0.698. The lowest BCUT2D eigenvalue weighted by atomic mass is 9.81. The first-order chi connectivity index (χ1) is 10.6. The van der Waals surface area contributed by atoms with Crippen LogP contribution in [0.3, 0.4) is 0 Å². The molecule has 1 N–H and O–H groups in total. The summed E-state index contributed by atoms with van der Waals surface area (Å²) in [6, 6.07) is 4.74. The third kappa shape index (κ3) is 5.62. The van der Waals surface area contributed by atoms with Crippen LogP contribution in [0.1, 0.15) is 53.5 Å². The fourth-order valence-corrected chi connectivity index (χ4v) is 2.52. The van der Waals surface area contributed by atoms with E-state index in [1.807, 2.05) is 13.1 Å². The summed E-state index contributed by atoms with van der Waals surface area (Å²) in [6.07, 6.45) is 9.78. The van der Waals surface area contributed by atoms with Gasteiger partial charge < -0.3 is 5.32 Å². The molecule has 0 aliphatic heterocycles. The molecule has 0 spiro atoms. The molecule has 23 heavy (non-hydrogen) atoms. The van der Waals surface area contributed by atoms with Crippen LogP contribution >= 0.6 is 0 Å². The van der Waals surface area contributed by atoms with Crippen molar-refractivity contribution in [2.24, 2.45) is 5.41 Å². The van der Waals surface area contributed by atoms with Gasteiger partial charge >= 0.3 is 0 Å². The standard InChI is InChI=1S/C21H35N2/c1-9-17(21(6,7)10-2)15-19(22-8)16-23-13-11-18(12-14-23)20(3,4)5/h9,11-15,19,22H,1,10,16H2,2-8H3/q+1/b17-15+. The van der Waals surface area contributed by atoms with Crippen molar-refractivity contribution in [3.05, 3.63) is 54.4 Å². The molecule has 0 fully saturated rings. The molecule has 0 saturated heterocycles. The lowest BCUT2D eigenvalue weighted by Crippen LogP contribution is -2.44. The number of nitrogens with one attached hydrogen (secondary N) is 1. The zero-order chi connectivity index (χ0) is 17.7. The molecule has 1 atom stereocenters. The van der Waals surface area contributed by atoms with E-state index in [1.165, 1.54) is 11.1 Å². The molecule has 1 unspecified atom stereocenters. The molecule has 0 aliphatic carbocycles. The number of allylic oxidation sites excluding steroid dienone is 2. The highest BCUT2D eigenvalue weighted by Gasteiger charge is 2.21. The van der Waals surface area contributed by atoms with Gasteiger partial charge in [-0.05, 0) is 35.4 Å². The molecule has 0 radical (unpaired) electrons. The highest BCUT2D eigenvalue weighted by Crippen LogP contribution is 2.30. The largest absolute Gasteiger partial charge is 0.308 e. The van der Waals surface area contributed by atoms with E-state index in [2.05, 4.69) is 88.6 Å². The Labute approximate surface area is 143 Å². The van der Waals surface area contributed by atoms with Gasteiger partial charge in [-0.2, -0.15) is 0 Å². The maximum absolute atomic E-state index is 4.01. The summed E-state index contributed by atoms with van der Waals surface area (Å²) in [6.45, 7) is 18.4. The van der Waals surface area contributed by atoms with E-state index in [1.54, 1.807) is 0 Å². The zero-order valence-corrected chi connectivity index (χ0v) is 16.1. The number of rotatable bonds is 7. The smallest absolute Gasteiger partial charge is 0.169 e. The lowest BCUT2D eigenvalue weighted by Gasteiger charge is -2.25. The Bertz CT molecular complexity index is 530. The van der Waals surface area contributed by atoms with E-state index in [0.29, 0.717) is 6.04 Å². The van der Waals surface area contributed by atoms with E-state index in [9.17, 15) is 0 Å². The highest BCUT2D eigenvalue weighted by atomic mass is 15.0. The molecular weight excluding hydrogens is 280 g/mol.